The Balaban J connectivity index is 1.73. The summed E-state index contributed by atoms with van der Waals surface area (Å²) in [6, 6.07) is 3.55. The molecular weight excluding hydrogens is 344 g/mol. The normalized spacial score (nSPS) is 11.1. The van der Waals surface area contributed by atoms with Crippen molar-refractivity contribution in [1.29, 1.82) is 0 Å². The zero-order valence-corrected chi connectivity index (χ0v) is 16.4. The van der Waals surface area contributed by atoms with Crippen molar-refractivity contribution in [1.82, 2.24) is 19.3 Å². The number of aryl methyl sites for hydroxylation is 3. The molecule has 0 bridgehead atoms. The van der Waals surface area contributed by atoms with Gasteiger partial charge in [-0.2, -0.15) is 5.10 Å². The summed E-state index contributed by atoms with van der Waals surface area (Å²) in [7, 11) is 1.80. The van der Waals surface area contributed by atoms with Crippen LogP contribution < -0.4 is 0 Å². The monoisotopic (exact) mass is 368 g/mol. The number of rotatable bonds is 6. The van der Waals surface area contributed by atoms with Crippen LogP contribution >= 0.6 is 0 Å². The maximum atomic E-state index is 12.5. The Morgan fingerprint density at radius 2 is 1.93 bits per heavy atom. The molecule has 0 saturated carbocycles. The minimum absolute atomic E-state index is 0.203. The number of carbonyl (C=O) groups excluding carboxylic acids is 2. The summed E-state index contributed by atoms with van der Waals surface area (Å²) in [5.74, 6) is -0.770. The predicted octanol–water partition coefficient (Wildman–Crippen LogP) is 3.14. The predicted molar refractivity (Wildman–Crippen MR) is 102 cm³/mol. The van der Waals surface area contributed by atoms with Gasteiger partial charge in [0.2, 0.25) is 5.78 Å². The molecule has 3 aromatic rings. The first-order valence-corrected chi connectivity index (χ1v) is 8.99. The summed E-state index contributed by atoms with van der Waals surface area (Å²) in [4.78, 5) is 29.1. The fourth-order valence-corrected chi connectivity index (χ4v) is 3.36. The van der Waals surface area contributed by atoms with Gasteiger partial charge in [0, 0.05) is 42.1 Å². The fraction of sp³-hybridized carbons (Fsp3) is 0.400. The molecule has 7 nitrogen and oxygen atoms in total. The van der Waals surface area contributed by atoms with Crippen LogP contribution in [0.2, 0.25) is 0 Å². The first kappa shape index (κ1) is 18.8. The van der Waals surface area contributed by atoms with E-state index in [-0.39, 0.29) is 12.4 Å². The number of hydrogen-bond donors (Lipinski definition) is 0. The molecule has 7 heteroatoms. The van der Waals surface area contributed by atoms with Crippen LogP contribution in [0.25, 0.3) is 11.0 Å². The molecule has 142 valence electrons. The smallest absolute Gasteiger partial charge is 0.340 e. The molecule has 0 radical (unpaired) electrons. The number of ether oxygens (including phenoxy) is 1. The summed E-state index contributed by atoms with van der Waals surface area (Å²) >= 11 is 0. The lowest BCUT2D eigenvalue weighted by Crippen LogP contribution is -2.15. The fourth-order valence-electron chi connectivity index (χ4n) is 3.36. The van der Waals surface area contributed by atoms with Crippen LogP contribution in [0.1, 0.15) is 51.1 Å². The Kier molecular flexibility index (Phi) is 5.12. The molecule has 3 rings (SSSR count). The second-order valence-electron chi connectivity index (χ2n) is 6.74. The lowest BCUT2D eigenvalue weighted by molar-refractivity contribution is 0.0474. The molecule has 0 spiro atoms. The lowest BCUT2D eigenvalue weighted by Gasteiger charge is -2.08. The van der Waals surface area contributed by atoms with Gasteiger partial charge in [-0.3, -0.25) is 9.48 Å². The average molecular weight is 368 g/mol. The van der Waals surface area contributed by atoms with Gasteiger partial charge >= 0.3 is 5.97 Å². The van der Waals surface area contributed by atoms with Gasteiger partial charge < -0.3 is 9.30 Å². The molecule has 27 heavy (non-hydrogen) atoms. The topological polar surface area (TPSA) is 79.0 Å². The van der Waals surface area contributed by atoms with E-state index in [1.165, 1.54) is 6.20 Å². The maximum absolute atomic E-state index is 12.5. The number of Topliss-reactive ketones (excluding diaryl/α,β-unsaturated/α-hetero) is 1. The third-order valence-electron chi connectivity index (χ3n) is 4.75. The number of pyridine rings is 1. The van der Waals surface area contributed by atoms with E-state index in [1.54, 1.807) is 17.8 Å². The van der Waals surface area contributed by atoms with E-state index >= 15 is 0 Å². The summed E-state index contributed by atoms with van der Waals surface area (Å²) < 4.78 is 9.01. The highest BCUT2D eigenvalue weighted by Crippen LogP contribution is 2.18. The molecule has 0 N–H and O–H groups in total. The molecule has 0 amide bonds. The van der Waals surface area contributed by atoms with Crippen LogP contribution in [0.4, 0.5) is 0 Å². The van der Waals surface area contributed by atoms with E-state index in [9.17, 15) is 9.59 Å². The van der Waals surface area contributed by atoms with Gasteiger partial charge in [-0.25, -0.2) is 9.78 Å². The standard InChI is InChI=1S/C20H24N4O3/c1-6-7-24-12(2)8-17(14(24)4)18(25)11-27-20(26)15-9-16-13(3)22-23(5)19(16)21-10-15/h8-10H,6-7,11H2,1-5H3. The Bertz CT molecular complexity index is 1030. The minimum Gasteiger partial charge on any atom is -0.454 e. The van der Waals surface area contributed by atoms with Crippen LogP contribution in [0.3, 0.4) is 0 Å². The highest BCUT2D eigenvalue weighted by molar-refractivity contribution is 6.01. The second kappa shape index (κ2) is 7.34. The van der Waals surface area contributed by atoms with Gasteiger partial charge in [-0.15, -0.1) is 0 Å². The minimum atomic E-state index is -0.566. The van der Waals surface area contributed by atoms with Gasteiger partial charge in [0.05, 0.1) is 11.3 Å². The molecule has 0 atom stereocenters. The third kappa shape index (κ3) is 3.49. The average Bonchev–Trinajstić information content (AvgIpc) is 3.09. The first-order chi connectivity index (χ1) is 12.8. The summed E-state index contributed by atoms with van der Waals surface area (Å²) in [5.41, 5.74) is 4.33. The summed E-state index contributed by atoms with van der Waals surface area (Å²) in [5, 5.41) is 5.08. The first-order valence-electron chi connectivity index (χ1n) is 8.99. The molecule has 0 aliphatic carbocycles. The van der Waals surface area contributed by atoms with Gasteiger partial charge in [0.15, 0.2) is 12.3 Å². The van der Waals surface area contributed by atoms with E-state index in [0.717, 1.165) is 35.4 Å². The zero-order chi connectivity index (χ0) is 19.7. The number of ketones is 1. The molecular formula is C20H24N4O3. The van der Waals surface area contributed by atoms with Crippen LogP contribution in [0, 0.1) is 20.8 Å². The van der Waals surface area contributed by atoms with Crippen LogP contribution in [-0.4, -0.2) is 37.7 Å². The Morgan fingerprint density at radius 3 is 2.63 bits per heavy atom. The number of aromatic nitrogens is 4. The van der Waals surface area contributed by atoms with Crippen LogP contribution in [-0.2, 0) is 18.3 Å². The molecule has 0 unspecified atom stereocenters. The van der Waals surface area contributed by atoms with Crippen molar-refractivity contribution in [2.45, 2.75) is 40.7 Å². The van der Waals surface area contributed by atoms with Crippen LogP contribution in [0.15, 0.2) is 18.3 Å². The van der Waals surface area contributed by atoms with Gasteiger partial charge in [0.25, 0.3) is 0 Å². The summed E-state index contributed by atoms with van der Waals surface area (Å²) in [6.45, 7) is 8.41. The van der Waals surface area contributed by atoms with E-state index in [1.807, 2.05) is 26.8 Å². The van der Waals surface area contributed by atoms with Gasteiger partial charge in [-0.1, -0.05) is 6.92 Å². The third-order valence-corrected chi connectivity index (χ3v) is 4.75. The Morgan fingerprint density at radius 1 is 1.19 bits per heavy atom. The maximum Gasteiger partial charge on any atom is 0.340 e. The second-order valence-corrected chi connectivity index (χ2v) is 6.74. The number of esters is 1. The van der Waals surface area contributed by atoms with E-state index in [4.69, 9.17) is 4.74 Å². The Labute approximate surface area is 158 Å². The molecule has 3 heterocycles. The highest BCUT2D eigenvalue weighted by atomic mass is 16.5. The SMILES string of the molecule is CCCn1c(C)cc(C(=O)COC(=O)c2cnc3c(c2)c(C)nn3C)c1C. The quantitative estimate of drug-likeness (QED) is 0.493. The van der Waals surface area contributed by atoms with Crippen molar-refractivity contribution in [3.63, 3.8) is 0 Å². The Hall–Kier alpha value is -2.96. The molecule has 0 aliphatic rings. The van der Waals surface area contributed by atoms with Gasteiger partial charge in [0.1, 0.15) is 0 Å². The van der Waals surface area contributed by atoms with Crippen molar-refractivity contribution in [2.24, 2.45) is 7.05 Å². The van der Waals surface area contributed by atoms with E-state index < -0.39 is 5.97 Å². The molecule has 0 aromatic carbocycles. The van der Waals surface area contributed by atoms with Crippen molar-refractivity contribution >= 4 is 22.8 Å². The van der Waals surface area contributed by atoms with Crippen molar-refractivity contribution in [2.75, 3.05) is 6.61 Å². The van der Waals surface area contributed by atoms with Gasteiger partial charge in [-0.05, 0) is 39.3 Å². The van der Waals surface area contributed by atoms with Crippen LogP contribution in [0.5, 0.6) is 0 Å². The number of hydrogen-bond acceptors (Lipinski definition) is 5. The molecule has 0 fully saturated rings. The van der Waals surface area contributed by atoms with Crippen molar-refractivity contribution in [3.8, 4) is 0 Å². The van der Waals surface area contributed by atoms with E-state index in [0.29, 0.717) is 16.8 Å². The molecule has 0 aliphatic heterocycles. The van der Waals surface area contributed by atoms with Crippen molar-refractivity contribution in [3.05, 3.63) is 46.5 Å². The number of carbonyl (C=O) groups is 2. The largest absolute Gasteiger partial charge is 0.454 e. The van der Waals surface area contributed by atoms with E-state index in [2.05, 4.69) is 21.6 Å². The van der Waals surface area contributed by atoms with Crippen molar-refractivity contribution < 1.29 is 14.3 Å². The number of nitrogens with zero attached hydrogens (tertiary/aromatic N) is 4. The lowest BCUT2D eigenvalue weighted by atomic mass is 10.1. The summed E-state index contributed by atoms with van der Waals surface area (Å²) in [6.07, 6.45) is 2.44. The zero-order valence-electron chi connectivity index (χ0n) is 16.4. The molecule has 0 saturated heterocycles. The number of fused-ring (bicyclic) bond motifs is 1. The molecule has 3 aromatic heterocycles. The highest BCUT2D eigenvalue weighted by Gasteiger charge is 2.18.